The van der Waals surface area contributed by atoms with E-state index in [4.69, 9.17) is 5.11 Å². The number of aliphatic hydroxyl groups is 1. The van der Waals surface area contributed by atoms with Crippen LogP contribution in [0.15, 0.2) is 35.3 Å². The molecule has 4 nitrogen and oxygen atoms in total. The summed E-state index contributed by atoms with van der Waals surface area (Å²) in [5.41, 5.74) is 2.16. The number of aromatic nitrogens is 3. The van der Waals surface area contributed by atoms with E-state index in [0.717, 1.165) is 23.0 Å². The summed E-state index contributed by atoms with van der Waals surface area (Å²) in [4.78, 5) is 3.91. The molecule has 0 spiro atoms. The van der Waals surface area contributed by atoms with E-state index >= 15 is 0 Å². The van der Waals surface area contributed by atoms with E-state index in [1.165, 1.54) is 11.9 Å². The van der Waals surface area contributed by atoms with Crippen LogP contribution in [0.1, 0.15) is 12.0 Å². The summed E-state index contributed by atoms with van der Waals surface area (Å²) in [6.07, 6.45) is 4.83. The lowest BCUT2D eigenvalue weighted by Crippen LogP contribution is -1.97. The van der Waals surface area contributed by atoms with E-state index in [0.29, 0.717) is 0 Å². The first kappa shape index (κ1) is 11.3. The number of aryl methyl sites for hydroxylation is 1. The highest BCUT2D eigenvalue weighted by Crippen LogP contribution is 2.22. The van der Waals surface area contributed by atoms with Crippen LogP contribution in [0.3, 0.4) is 0 Å². The maximum atomic E-state index is 8.77. The summed E-state index contributed by atoms with van der Waals surface area (Å²) < 4.78 is 2.69. The third kappa shape index (κ3) is 2.48. The highest BCUT2D eigenvalue weighted by Gasteiger charge is 2.04. The summed E-state index contributed by atoms with van der Waals surface area (Å²) in [7, 11) is 0. The number of halogens is 1. The number of aliphatic hydroxyl groups excluding tert-OH is 1. The van der Waals surface area contributed by atoms with Gasteiger partial charge in [0.2, 0.25) is 0 Å². The van der Waals surface area contributed by atoms with Crippen molar-refractivity contribution >= 4 is 15.9 Å². The third-order valence-electron chi connectivity index (χ3n) is 2.30. The molecular formula is C11H12BrN3O. The quantitative estimate of drug-likeness (QED) is 0.932. The van der Waals surface area contributed by atoms with E-state index in [2.05, 4.69) is 26.0 Å². The molecule has 16 heavy (non-hydrogen) atoms. The summed E-state index contributed by atoms with van der Waals surface area (Å²) in [5, 5.41) is 12.8. The molecule has 84 valence electrons. The number of nitrogens with zero attached hydrogens (tertiary/aromatic N) is 3. The normalized spacial score (nSPS) is 10.6. The molecule has 1 aromatic heterocycles. The van der Waals surface area contributed by atoms with Gasteiger partial charge >= 0.3 is 0 Å². The van der Waals surface area contributed by atoms with Crippen molar-refractivity contribution in [2.75, 3.05) is 6.61 Å². The zero-order valence-corrected chi connectivity index (χ0v) is 10.3. The topological polar surface area (TPSA) is 50.9 Å². The Labute approximate surface area is 102 Å². The SMILES string of the molecule is OCCCc1ccc(-n2cncn2)c(Br)c1. The standard InChI is InChI=1S/C11H12BrN3O/c12-10-6-9(2-1-5-16)3-4-11(10)15-8-13-7-14-15/h3-4,6-8,16H,1-2,5H2. The fraction of sp³-hybridized carbons (Fsp3) is 0.273. The van der Waals surface area contributed by atoms with Crippen LogP contribution in [-0.2, 0) is 6.42 Å². The second kappa shape index (κ2) is 5.23. The molecule has 0 aliphatic heterocycles. The lowest BCUT2D eigenvalue weighted by molar-refractivity contribution is 0.288. The van der Waals surface area contributed by atoms with Crippen molar-refractivity contribution in [2.24, 2.45) is 0 Å². The molecule has 1 heterocycles. The first-order valence-corrected chi connectivity index (χ1v) is 5.85. The number of rotatable bonds is 4. The third-order valence-corrected chi connectivity index (χ3v) is 2.94. The number of hydrogen-bond donors (Lipinski definition) is 1. The minimum Gasteiger partial charge on any atom is -0.396 e. The summed E-state index contributed by atoms with van der Waals surface area (Å²) in [5.74, 6) is 0. The molecule has 0 saturated heterocycles. The summed E-state index contributed by atoms with van der Waals surface area (Å²) in [6.45, 7) is 0.225. The first-order valence-electron chi connectivity index (χ1n) is 5.05. The van der Waals surface area contributed by atoms with Gasteiger partial charge in [0.15, 0.2) is 0 Å². The van der Waals surface area contributed by atoms with Crippen molar-refractivity contribution < 1.29 is 5.11 Å². The first-order chi connectivity index (χ1) is 7.81. The van der Waals surface area contributed by atoms with Crippen molar-refractivity contribution in [3.63, 3.8) is 0 Å². The number of hydrogen-bond acceptors (Lipinski definition) is 3. The van der Waals surface area contributed by atoms with E-state index in [1.54, 1.807) is 11.0 Å². The predicted octanol–water partition coefficient (Wildman–Crippen LogP) is 1.95. The Balaban J connectivity index is 2.23. The van der Waals surface area contributed by atoms with Crippen LogP contribution in [0.2, 0.25) is 0 Å². The van der Waals surface area contributed by atoms with Crippen molar-refractivity contribution in [1.29, 1.82) is 0 Å². The maximum Gasteiger partial charge on any atom is 0.138 e. The molecule has 1 aromatic carbocycles. The lowest BCUT2D eigenvalue weighted by Gasteiger charge is -2.06. The van der Waals surface area contributed by atoms with Crippen molar-refractivity contribution in [1.82, 2.24) is 14.8 Å². The molecule has 0 bridgehead atoms. The predicted molar refractivity (Wildman–Crippen MR) is 64.5 cm³/mol. The second-order valence-corrected chi connectivity index (χ2v) is 4.31. The van der Waals surface area contributed by atoms with Crippen LogP contribution in [0.4, 0.5) is 0 Å². The minimum atomic E-state index is 0.225. The van der Waals surface area contributed by atoms with Gasteiger partial charge in [-0.05, 0) is 46.5 Å². The van der Waals surface area contributed by atoms with Crippen molar-refractivity contribution in [3.05, 3.63) is 40.9 Å². The second-order valence-electron chi connectivity index (χ2n) is 3.45. The lowest BCUT2D eigenvalue weighted by atomic mass is 10.1. The van der Waals surface area contributed by atoms with Crippen LogP contribution in [0, 0.1) is 0 Å². The molecule has 0 unspecified atom stereocenters. The van der Waals surface area contributed by atoms with Gasteiger partial charge in [0.25, 0.3) is 0 Å². The molecule has 2 aromatic rings. The average Bonchev–Trinajstić information content (AvgIpc) is 2.80. The Morgan fingerprint density at radius 3 is 2.88 bits per heavy atom. The maximum absolute atomic E-state index is 8.77. The van der Waals surface area contributed by atoms with E-state index in [-0.39, 0.29) is 6.61 Å². The fourth-order valence-electron chi connectivity index (χ4n) is 1.51. The Morgan fingerprint density at radius 1 is 1.38 bits per heavy atom. The molecule has 0 amide bonds. The van der Waals surface area contributed by atoms with Crippen LogP contribution in [0.25, 0.3) is 5.69 Å². The molecule has 0 atom stereocenters. The van der Waals surface area contributed by atoms with Crippen LogP contribution >= 0.6 is 15.9 Å². The average molecular weight is 282 g/mol. The Hall–Kier alpha value is -1.20. The largest absolute Gasteiger partial charge is 0.396 e. The van der Waals surface area contributed by atoms with Crippen LogP contribution in [0.5, 0.6) is 0 Å². The minimum absolute atomic E-state index is 0.225. The highest BCUT2D eigenvalue weighted by molar-refractivity contribution is 9.10. The van der Waals surface area contributed by atoms with Crippen molar-refractivity contribution in [3.8, 4) is 5.69 Å². The molecule has 0 fully saturated rings. The molecule has 0 radical (unpaired) electrons. The van der Waals surface area contributed by atoms with Gasteiger partial charge in [-0.2, -0.15) is 5.10 Å². The van der Waals surface area contributed by atoms with Gasteiger partial charge in [-0.3, -0.25) is 0 Å². The summed E-state index contributed by atoms with van der Waals surface area (Å²) in [6, 6.07) is 6.08. The van der Waals surface area contributed by atoms with Gasteiger partial charge in [0.1, 0.15) is 12.7 Å². The van der Waals surface area contributed by atoms with E-state index in [1.807, 2.05) is 18.2 Å². The number of benzene rings is 1. The zero-order valence-electron chi connectivity index (χ0n) is 8.67. The van der Waals surface area contributed by atoms with E-state index in [9.17, 15) is 0 Å². The van der Waals surface area contributed by atoms with Gasteiger partial charge in [0.05, 0.1) is 5.69 Å². The Kier molecular flexibility index (Phi) is 3.69. The van der Waals surface area contributed by atoms with Crippen LogP contribution in [-0.4, -0.2) is 26.5 Å². The van der Waals surface area contributed by atoms with Gasteiger partial charge in [0, 0.05) is 11.1 Å². The van der Waals surface area contributed by atoms with E-state index < -0.39 is 0 Å². The highest BCUT2D eigenvalue weighted by atomic mass is 79.9. The van der Waals surface area contributed by atoms with Crippen molar-refractivity contribution in [2.45, 2.75) is 12.8 Å². The van der Waals surface area contributed by atoms with Gasteiger partial charge in [-0.1, -0.05) is 6.07 Å². The monoisotopic (exact) mass is 281 g/mol. The van der Waals surface area contributed by atoms with Gasteiger partial charge in [-0.15, -0.1) is 0 Å². The molecule has 1 N–H and O–H groups in total. The molecule has 0 aliphatic carbocycles. The molecule has 2 rings (SSSR count). The van der Waals surface area contributed by atoms with Crippen LogP contribution < -0.4 is 0 Å². The molecular weight excluding hydrogens is 270 g/mol. The summed E-state index contributed by atoms with van der Waals surface area (Å²) >= 11 is 3.51. The van der Waals surface area contributed by atoms with Gasteiger partial charge < -0.3 is 5.11 Å². The van der Waals surface area contributed by atoms with Gasteiger partial charge in [-0.25, -0.2) is 9.67 Å². The smallest absolute Gasteiger partial charge is 0.138 e. The molecule has 5 heteroatoms. The molecule has 0 aliphatic rings. The Bertz CT molecular complexity index is 456. The molecule has 0 saturated carbocycles. The Morgan fingerprint density at radius 2 is 2.25 bits per heavy atom. The zero-order chi connectivity index (χ0) is 11.4. The fourth-order valence-corrected chi connectivity index (χ4v) is 2.12.